The summed E-state index contributed by atoms with van der Waals surface area (Å²) in [4.78, 5) is 2.34. The van der Waals surface area contributed by atoms with Gasteiger partial charge in [0.05, 0.1) is 7.11 Å². The van der Waals surface area contributed by atoms with Gasteiger partial charge in [0.15, 0.2) is 0 Å². The van der Waals surface area contributed by atoms with E-state index < -0.39 is 0 Å². The van der Waals surface area contributed by atoms with Crippen LogP contribution in [0.15, 0.2) is 12.1 Å². The molecule has 0 bridgehead atoms. The maximum Gasteiger partial charge on any atom is 0.125 e. The molecule has 1 aliphatic carbocycles. The van der Waals surface area contributed by atoms with E-state index in [-0.39, 0.29) is 5.54 Å². The third kappa shape index (κ3) is 3.71. The zero-order chi connectivity index (χ0) is 14.0. The Labute approximate surface area is 116 Å². The Morgan fingerprint density at radius 2 is 2.00 bits per heavy atom. The van der Waals surface area contributed by atoms with Gasteiger partial charge in [0, 0.05) is 18.6 Å². The lowest BCUT2D eigenvalue weighted by Crippen LogP contribution is -2.38. The molecule has 0 saturated heterocycles. The monoisotopic (exact) mass is 262 g/mol. The van der Waals surface area contributed by atoms with E-state index >= 15 is 0 Å². The summed E-state index contributed by atoms with van der Waals surface area (Å²) in [6.07, 6.45) is 3.35. The predicted molar refractivity (Wildman–Crippen MR) is 79.8 cm³/mol. The number of rotatable bonds is 6. The van der Waals surface area contributed by atoms with E-state index in [4.69, 9.17) is 10.5 Å². The first-order valence-corrected chi connectivity index (χ1v) is 7.05. The molecule has 0 spiro atoms. The molecule has 0 aromatic heterocycles. The van der Waals surface area contributed by atoms with Crippen molar-refractivity contribution in [2.45, 2.75) is 38.6 Å². The van der Waals surface area contributed by atoms with Crippen molar-refractivity contribution in [2.24, 2.45) is 5.73 Å². The van der Waals surface area contributed by atoms with Crippen molar-refractivity contribution in [3.8, 4) is 5.75 Å². The average Bonchev–Trinajstić information content (AvgIpc) is 3.03. The molecule has 0 heterocycles. The van der Waals surface area contributed by atoms with Crippen molar-refractivity contribution in [3.63, 3.8) is 0 Å². The predicted octanol–water partition coefficient (Wildman–Crippen LogP) is 2.28. The fourth-order valence-corrected chi connectivity index (χ4v) is 2.77. The molecule has 0 radical (unpaired) electrons. The smallest absolute Gasteiger partial charge is 0.125 e. The Bertz CT molecular complexity index is 452. The Morgan fingerprint density at radius 1 is 1.32 bits per heavy atom. The maximum atomic E-state index is 6.15. The molecular formula is C16H26N2O. The Kier molecular flexibility index (Phi) is 4.16. The second-order valence-corrected chi connectivity index (χ2v) is 6.12. The van der Waals surface area contributed by atoms with Crippen LogP contribution in [0.5, 0.6) is 5.75 Å². The highest BCUT2D eigenvalue weighted by Gasteiger charge is 2.38. The van der Waals surface area contributed by atoms with Crippen LogP contribution in [0.3, 0.4) is 0 Å². The summed E-state index contributed by atoms with van der Waals surface area (Å²) < 4.78 is 5.53. The van der Waals surface area contributed by atoms with Crippen LogP contribution in [0.4, 0.5) is 0 Å². The van der Waals surface area contributed by atoms with Crippen LogP contribution in [0.1, 0.15) is 29.5 Å². The minimum absolute atomic E-state index is 0.0986. The average molecular weight is 262 g/mol. The number of nitrogens with zero attached hydrogens (tertiary/aromatic N) is 1. The van der Waals surface area contributed by atoms with Crippen LogP contribution in [-0.2, 0) is 6.42 Å². The number of ether oxygens (including phenoxy) is 1. The van der Waals surface area contributed by atoms with E-state index in [0.29, 0.717) is 0 Å². The second-order valence-electron chi connectivity index (χ2n) is 6.12. The molecule has 2 N–H and O–H groups in total. The van der Waals surface area contributed by atoms with Crippen LogP contribution in [0, 0.1) is 13.8 Å². The zero-order valence-electron chi connectivity index (χ0n) is 12.6. The summed E-state index contributed by atoms with van der Waals surface area (Å²) in [5.41, 5.74) is 10.1. The molecule has 0 aliphatic heterocycles. The quantitative estimate of drug-likeness (QED) is 0.855. The molecule has 1 fully saturated rings. The van der Waals surface area contributed by atoms with Gasteiger partial charge in [0.1, 0.15) is 5.75 Å². The van der Waals surface area contributed by atoms with E-state index in [1.807, 2.05) is 0 Å². The van der Waals surface area contributed by atoms with Gasteiger partial charge in [-0.1, -0.05) is 17.7 Å². The molecule has 1 aromatic carbocycles. The number of hydrogen-bond donors (Lipinski definition) is 1. The summed E-state index contributed by atoms with van der Waals surface area (Å²) in [6, 6.07) is 4.40. The fourth-order valence-electron chi connectivity index (χ4n) is 2.77. The lowest BCUT2D eigenvalue weighted by Gasteiger charge is -2.21. The van der Waals surface area contributed by atoms with Crippen LogP contribution in [-0.4, -0.2) is 37.7 Å². The molecule has 19 heavy (non-hydrogen) atoms. The van der Waals surface area contributed by atoms with Gasteiger partial charge in [-0.3, -0.25) is 0 Å². The Morgan fingerprint density at radius 3 is 2.58 bits per heavy atom. The molecule has 0 unspecified atom stereocenters. The highest BCUT2D eigenvalue weighted by molar-refractivity contribution is 5.43. The molecule has 2 rings (SSSR count). The molecule has 0 amide bonds. The topological polar surface area (TPSA) is 38.5 Å². The van der Waals surface area contributed by atoms with Gasteiger partial charge in [-0.2, -0.15) is 0 Å². The van der Waals surface area contributed by atoms with Crippen molar-refractivity contribution in [1.29, 1.82) is 0 Å². The summed E-state index contributed by atoms with van der Waals surface area (Å²) in [5.74, 6) is 1.04. The Hall–Kier alpha value is -1.06. The number of likely N-dealkylation sites (N-methyl/N-ethyl adjacent to an activating group) is 1. The van der Waals surface area contributed by atoms with Crippen molar-refractivity contribution >= 4 is 0 Å². The van der Waals surface area contributed by atoms with E-state index in [1.165, 1.54) is 29.5 Å². The largest absolute Gasteiger partial charge is 0.496 e. The number of benzene rings is 1. The van der Waals surface area contributed by atoms with Crippen LogP contribution < -0.4 is 10.5 Å². The van der Waals surface area contributed by atoms with Gasteiger partial charge in [-0.05, 0) is 51.3 Å². The van der Waals surface area contributed by atoms with Crippen LogP contribution in [0.2, 0.25) is 0 Å². The second kappa shape index (κ2) is 5.51. The molecule has 3 nitrogen and oxygen atoms in total. The highest BCUT2D eigenvalue weighted by atomic mass is 16.5. The third-order valence-electron chi connectivity index (χ3n) is 3.94. The van der Waals surface area contributed by atoms with Crippen molar-refractivity contribution < 1.29 is 4.74 Å². The number of nitrogens with two attached hydrogens (primary N) is 1. The van der Waals surface area contributed by atoms with Gasteiger partial charge >= 0.3 is 0 Å². The summed E-state index contributed by atoms with van der Waals surface area (Å²) >= 11 is 0. The van der Waals surface area contributed by atoms with Crippen LogP contribution >= 0.6 is 0 Å². The highest BCUT2D eigenvalue weighted by Crippen LogP contribution is 2.32. The normalized spacial score (nSPS) is 16.7. The summed E-state index contributed by atoms with van der Waals surface area (Å²) in [5, 5.41) is 0. The van der Waals surface area contributed by atoms with Gasteiger partial charge in [0.25, 0.3) is 0 Å². The van der Waals surface area contributed by atoms with E-state index in [0.717, 1.165) is 25.3 Å². The minimum Gasteiger partial charge on any atom is -0.496 e. The third-order valence-corrected chi connectivity index (χ3v) is 3.94. The molecule has 1 saturated carbocycles. The van der Waals surface area contributed by atoms with Gasteiger partial charge < -0.3 is 15.4 Å². The number of aryl methyl sites for hydroxylation is 2. The first-order valence-electron chi connectivity index (χ1n) is 7.05. The molecule has 106 valence electrons. The van der Waals surface area contributed by atoms with E-state index in [2.05, 4.69) is 37.9 Å². The SMILES string of the molecule is COc1c(C)cc(C)cc1CCN(C)CC1(N)CC1. The lowest BCUT2D eigenvalue weighted by atomic mass is 10.0. The standard InChI is InChI=1S/C16H26N2O/c1-12-9-13(2)15(19-4)14(10-12)5-8-18(3)11-16(17)6-7-16/h9-10H,5-8,11,17H2,1-4H3. The number of hydrogen-bond acceptors (Lipinski definition) is 3. The molecule has 1 aliphatic rings. The molecule has 3 heteroatoms. The minimum atomic E-state index is 0.0986. The lowest BCUT2D eigenvalue weighted by molar-refractivity contribution is 0.304. The van der Waals surface area contributed by atoms with Gasteiger partial charge in [-0.25, -0.2) is 0 Å². The van der Waals surface area contributed by atoms with E-state index in [1.54, 1.807) is 7.11 Å². The number of methoxy groups -OCH3 is 1. The summed E-state index contributed by atoms with van der Waals surface area (Å²) in [7, 11) is 3.91. The van der Waals surface area contributed by atoms with Gasteiger partial charge in [0.2, 0.25) is 0 Å². The first-order chi connectivity index (χ1) is 8.93. The maximum absolute atomic E-state index is 6.15. The van der Waals surface area contributed by atoms with Crippen molar-refractivity contribution in [2.75, 3.05) is 27.2 Å². The summed E-state index contributed by atoms with van der Waals surface area (Å²) in [6.45, 7) is 6.27. The fraction of sp³-hybridized carbons (Fsp3) is 0.625. The molecule has 0 atom stereocenters. The zero-order valence-corrected chi connectivity index (χ0v) is 12.6. The van der Waals surface area contributed by atoms with E-state index in [9.17, 15) is 0 Å². The van der Waals surface area contributed by atoms with Crippen molar-refractivity contribution in [1.82, 2.24) is 4.90 Å². The first kappa shape index (κ1) is 14.4. The van der Waals surface area contributed by atoms with Crippen molar-refractivity contribution in [3.05, 3.63) is 28.8 Å². The molecule has 1 aromatic rings. The molecular weight excluding hydrogens is 236 g/mol. The van der Waals surface area contributed by atoms with Gasteiger partial charge in [-0.15, -0.1) is 0 Å². The Balaban J connectivity index is 1.98. The van der Waals surface area contributed by atoms with Crippen LogP contribution in [0.25, 0.3) is 0 Å².